The van der Waals surface area contributed by atoms with Crippen molar-refractivity contribution in [3.63, 3.8) is 0 Å². The number of H-pyrrole nitrogens is 1. The number of carbonyl (C=O) groups is 1. The second-order valence-corrected chi connectivity index (χ2v) is 7.07. The van der Waals surface area contributed by atoms with Crippen LogP contribution in [0.3, 0.4) is 0 Å². The summed E-state index contributed by atoms with van der Waals surface area (Å²) in [5, 5.41) is 2.91. The Labute approximate surface area is 149 Å². The molecule has 3 heterocycles. The first-order valence-corrected chi connectivity index (χ1v) is 9.07. The Bertz CT molecular complexity index is 896. The lowest BCUT2D eigenvalue weighted by Crippen LogP contribution is -2.22. The third-order valence-corrected chi connectivity index (χ3v) is 5.43. The van der Waals surface area contributed by atoms with Crippen LogP contribution in [0.1, 0.15) is 39.3 Å². The highest BCUT2D eigenvalue weighted by Crippen LogP contribution is 2.33. The largest absolute Gasteiger partial charge is 0.497 e. The number of benzene rings is 1. The number of nitrogens with one attached hydrogen (secondary N) is 2. The number of aromatic amines is 1. The van der Waals surface area contributed by atoms with E-state index in [0.29, 0.717) is 17.2 Å². The second kappa shape index (κ2) is 6.85. The third-order valence-electron chi connectivity index (χ3n) is 4.25. The summed E-state index contributed by atoms with van der Waals surface area (Å²) in [5.74, 6) is 1.40. The van der Waals surface area contributed by atoms with Gasteiger partial charge in [-0.15, -0.1) is 11.3 Å². The maximum absolute atomic E-state index is 12.4. The quantitative estimate of drug-likeness (QED) is 0.734. The number of ether oxygens (including phenoxy) is 2. The van der Waals surface area contributed by atoms with Crippen molar-refractivity contribution in [1.29, 1.82) is 0 Å². The van der Waals surface area contributed by atoms with Crippen LogP contribution in [0.5, 0.6) is 5.75 Å². The van der Waals surface area contributed by atoms with E-state index in [9.17, 15) is 4.79 Å². The Morgan fingerprint density at radius 2 is 2.36 bits per heavy atom. The first kappa shape index (κ1) is 16.1. The zero-order chi connectivity index (χ0) is 17.2. The van der Waals surface area contributed by atoms with Gasteiger partial charge in [0.1, 0.15) is 11.6 Å². The highest BCUT2D eigenvalue weighted by Gasteiger charge is 2.20. The molecule has 1 saturated heterocycles. The lowest BCUT2D eigenvalue weighted by molar-refractivity contribution is 0.0954. The number of thiophene rings is 1. The summed E-state index contributed by atoms with van der Waals surface area (Å²) in [6, 6.07) is 9.50. The van der Waals surface area contributed by atoms with Crippen LogP contribution in [0.4, 0.5) is 0 Å². The maximum Gasteiger partial charge on any atom is 0.261 e. The Kier molecular flexibility index (Phi) is 4.42. The molecule has 1 fully saturated rings. The molecule has 4 rings (SSSR count). The van der Waals surface area contributed by atoms with Crippen LogP contribution in [0.2, 0.25) is 0 Å². The fourth-order valence-electron chi connectivity index (χ4n) is 2.95. The number of aromatic nitrogens is 2. The molecule has 1 aromatic carbocycles. The van der Waals surface area contributed by atoms with Crippen molar-refractivity contribution < 1.29 is 14.3 Å². The summed E-state index contributed by atoms with van der Waals surface area (Å²) >= 11 is 1.50. The monoisotopic (exact) mass is 357 g/mol. The van der Waals surface area contributed by atoms with E-state index in [4.69, 9.17) is 9.47 Å². The second-order valence-electron chi connectivity index (χ2n) is 5.95. The molecule has 0 spiro atoms. The van der Waals surface area contributed by atoms with Crippen molar-refractivity contribution >= 4 is 28.3 Å². The molecule has 2 aromatic heterocycles. The van der Waals surface area contributed by atoms with Crippen LogP contribution in [0, 0.1) is 0 Å². The van der Waals surface area contributed by atoms with Gasteiger partial charge in [-0.25, -0.2) is 4.98 Å². The molecule has 3 aromatic rings. The average Bonchev–Trinajstić information content (AvgIpc) is 3.38. The molecule has 25 heavy (non-hydrogen) atoms. The molecule has 1 amide bonds. The number of hydrogen-bond donors (Lipinski definition) is 2. The van der Waals surface area contributed by atoms with Crippen molar-refractivity contribution in [1.82, 2.24) is 15.3 Å². The summed E-state index contributed by atoms with van der Waals surface area (Å²) in [4.78, 5) is 21.9. The van der Waals surface area contributed by atoms with Gasteiger partial charge in [0.05, 0.1) is 35.7 Å². The molecule has 6 nitrogen and oxygen atoms in total. The normalized spacial score (nSPS) is 17.1. The molecule has 1 aliphatic heterocycles. The molecule has 0 aliphatic carbocycles. The minimum atomic E-state index is -0.0905. The van der Waals surface area contributed by atoms with E-state index in [2.05, 4.69) is 15.3 Å². The SMILES string of the molecule is COc1ccc2nc(CNC(=O)c3ccc(C4CCCO4)s3)[nH]c2c1. The topological polar surface area (TPSA) is 76.2 Å². The van der Waals surface area contributed by atoms with Crippen LogP contribution in [0.25, 0.3) is 11.0 Å². The van der Waals surface area contributed by atoms with Crippen molar-refractivity contribution in [2.75, 3.05) is 13.7 Å². The smallest absolute Gasteiger partial charge is 0.261 e. The maximum atomic E-state index is 12.4. The Balaban J connectivity index is 1.41. The van der Waals surface area contributed by atoms with Crippen LogP contribution in [-0.4, -0.2) is 29.6 Å². The van der Waals surface area contributed by atoms with Gasteiger partial charge in [0.15, 0.2) is 0 Å². The summed E-state index contributed by atoms with van der Waals surface area (Å²) in [5.41, 5.74) is 1.74. The molecule has 0 saturated carbocycles. The summed E-state index contributed by atoms with van der Waals surface area (Å²) < 4.78 is 10.9. The number of fused-ring (bicyclic) bond motifs is 1. The number of carbonyl (C=O) groups excluding carboxylic acids is 1. The van der Waals surface area contributed by atoms with Crippen LogP contribution in [0.15, 0.2) is 30.3 Å². The fraction of sp³-hybridized carbons (Fsp3) is 0.333. The van der Waals surface area contributed by atoms with Crippen LogP contribution >= 0.6 is 11.3 Å². The lowest BCUT2D eigenvalue weighted by Gasteiger charge is -2.05. The minimum Gasteiger partial charge on any atom is -0.497 e. The summed E-state index contributed by atoms with van der Waals surface area (Å²) in [6.45, 7) is 1.16. The van der Waals surface area contributed by atoms with Gasteiger partial charge in [-0.2, -0.15) is 0 Å². The van der Waals surface area contributed by atoms with Crippen molar-refractivity contribution in [2.45, 2.75) is 25.5 Å². The van der Waals surface area contributed by atoms with E-state index in [1.165, 1.54) is 11.3 Å². The van der Waals surface area contributed by atoms with E-state index in [1.807, 2.05) is 30.3 Å². The van der Waals surface area contributed by atoms with Gasteiger partial charge in [-0.3, -0.25) is 4.79 Å². The zero-order valence-corrected chi connectivity index (χ0v) is 14.7. The van der Waals surface area contributed by atoms with Crippen molar-refractivity contribution in [3.05, 3.63) is 45.9 Å². The highest BCUT2D eigenvalue weighted by atomic mass is 32.1. The van der Waals surface area contributed by atoms with Gasteiger partial charge in [0.25, 0.3) is 5.91 Å². The molecule has 0 radical (unpaired) electrons. The van der Waals surface area contributed by atoms with Crippen molar-refractivity contribution in [2.24, 2.45) is 0 Å². The molecule has 130 valence electrons. The molecule has 2 N–H and O–H groups in total. The average molecular weight is 357 g/mol. The number of hydrogen-bond acceptors (Lipinski definition) is 5. The van der Waals surface area contributed by atoms with Crippen molar-refractivity contribution in [3.8, 4) is 5.75 Å². The standard InChI is InChI=1S/C18H19N3O3S/c1-23-11-4-5-12-13(9-11)21-17(20-12)10-19-18(22)16-7-6-15(25-16)14-3-2-8-24-14/h4-7,9,14H,2-3,8,10H2,1H3,(H,19,22)(H,20,21). The van der Waals surface area contributed by atoms with E-state index in [-0.39, 0.29) is 12.0 Å². The zero-order valence-electron chi connectivity index (χ0n) is 13.9. The van der Waals surface area contributed by atoms with Gasteiger partial charge in [-0.05, 0) is 37.1 Å². The van der Waals surface area contributed by atoms with Gasteiger partial charge in [0.2, 0.25) is 0 Å². The first-order chi connectivity index (χ1) is 12.2. The molecular weight excluding hydrogens is 338 g/mol. The molecule has 0 bridgehead atoms. The number of methoxy groups -OCH3 is 1. The third kappa shape index (κ3) is 3.38. The number of imidazole rings is 1. The van der Waals surface area contributed by atoms with E-state index in [0.717, 1.165) is 41.1 Å². The molecule has 1 unspecified atom stereocenters. The van der Waals surface area contributed by atoms with E-state index >= 15 is 0 Å². The summed E-state index contributed by atoms with van der Waals surface area (Å²) in [6.07, 6.45) is 2.27. The number of amides is 1. The van der Waals surface area contributed by atoms with Crippen LogP contribution in [-0.2, 0) is 11.3 Å². The fourth-order valence-corrected chi connectivity index (χ4v) is 3.96. The lowest BCUT2D eigenvalue weighted by atomic mass is 10.2. The minimum absolute atomic E-state index is 0.0905. The number of rotatable bonds is 5. The summed E-state index contributed by atoms with van der Waals surface area (Å²) in [7, 11) is 1.63. The molecule has 7 heteroatoms. The molecule has 1 atom stereocenters. The Morgan fingerprint density at radius 3 is 3.16 bits per heavy atom. The van der Waals surface area contributed by atoms with Gasteiger partial charge >= 0.3 is 0 Å². The molecule has 1 aliphatic rings. The van der Waals surface area contributed by atoms with Gasteiger partial charge in [0, 0.05) is 17.6 Å². The first-order valence-electron chi connectivity index (χ1n) is 8.25. The van der Waals surface area contributed by atoms with E-state index in [1.54, 1.807) is 7.11 Å². The van der Waals surface area contributed by atoms with Gasteiger partial charge < -0.3 is 19.8 Å². The number of nitrogens with zero attached hydrogens (tertiary/aromatic N) is 1. The highest BCUT2D eigenvalue weighted by molar-refractivity contribution is 7.14. The Hall–Kier alpha value is -2.38. The van der Waals surface area contributed by atoms with Crippen LogP contribution < -0.4 is 10.1 Å². The Morgan fingerprint density at radius 1 is 1.44 bits per heavy atom. The predicted octanol–water partition coefficient (Wildman–Crippen LogP) is 3.41. The van der Waals surface area contributed by atoms with E-state index < -0.39 is 0 Å². The molecular formula is C18H19N3O3S. The predicted molar refractivity (Wildman–Crippen MR) is 96.1 cm³/mol. The van der Waals surface area contributed by atoms with Gasteiger partial charge in [-0.1, -0.05) is 0 Å².